The number of aryl methyl sites for hydroxylation is 1. The number of fused-ring (bicyclic) bond motifs is 2. The van der Waals surface area contributed by atoms with Crippen LogP contribution in [0.3, 0.4) is 0 Å². The van der Waals surface area contributed by atoms with Gasteiger partial charge in [0, 0.05) is 12.7 Å². The van der Waals surface area contributed by atoms with Crippen LogP contribution in [0.4, 0.5) is 0 Å². The van der Waals surface area contributed by atoms with E-state index in [-0.39, 0.29) is 4.08 Å². The van der Waals surface area contributed by atoms with Crippen molar-refractivity contribution in [2.45, 2.75) is 23.5 Å². The van der Waals surface area contributed by atoms with E-state index in [0.29, 0.717) is 0 Å². The Kier molecular flexibility index (Phi) is 1.73. The van der Waals surface area contributed by atoms with Crippen molar-refractivity contribution >= 4 is 23.5 Å². The lowest BCUT2D eigenvalue weighted by molar-refractivity contribution is 0.465. The zero-order valence-corrected chi connectivity index (χ0v) is 8.77. The standard InChI is InChI=1S/C9H10N2S2/c1-3-9(12-6-7-13-9)8-2-4-10-11(8)5-1/h2,4,6-7H,1,3,5H2. The fourth-order valence-corrected chi connectivity index (χ4v) is 4.52. The summed E-state index contributed by atoms with van der Waals surface area (Å²) in [6, 6.07) is 2.16. The summed E-state index contributed by atoms with van der Waals surface area (Å²) in [7, 11) is 0. The Hall–Kier alpha value is -0.350. The van der Waals surface area contributed by atoms with Crippen LogP contribution in [0.5, 0.6) is 0 Å². The largest absolute Gasteiger partial charge is 0.267 e. The van der Waals surface area contributed by atoms with Crippen LogP contribution in [0.2, 0.25) is 0 Å². The number of thioether (sulfide) groups is 2. The third kappa shape index (κ3) is 1.08. The molecule has 1 aromatic heterocycles. The van der Waals surface area contributed by atoms with Crippen LogP contribution in [0.1, 0.15) is 18.5 Å². The van der Waals surface area contributed by atoms with E-state index >= 15 is 0 Å². The SMILES string of the molecule is C1=CSC2(CCCn3nccc32)S1. The van der Waals surface area contributed by atoms with Gasteiger partial charge in [-0.2, -0.15) is 5.10 Å². The fourth-order valence-electron chi connectivity index (χ4n) is 1.97. The van der Waals surface area contributed by atoms with E-state index in [1.807, 2.05) is 29.7 Å². The molecule has 1 spiro atoms. The predicted molar refractivity (Wildman–Crippen MR) is 57.5 cm³/mol. The number of hydrogen-bond donors (Lipinski definition) is 0. The van der Waals surface area contributed by atoms with Crippen molar-refractivity contribution in [1.82, 2.24) is 9.78 Å². The normalized spacial score (nSPS) is 23.7. The van der Waals surface area contributed by atoms with Crippen LogP contribution >= 0.6 is 23.5 Å². The second-order valence-electron chi connectivity index (χ2n) is 3.30. The van der Waals surface area contributed by atoms with Crippen molar-refractivity contribution in [3.63, 3.8) is 0 Å². The average molecular weight is 210 g/mol. The topological polar surface area (TPSA) is 17.8 Å². The first-order valence-electron chi connectivity index (χ1n) is 4.44. The van der Waals surface area contributed by atoms with Crippen molar-refractivity contribution in [1.29, 1.82) is 0 Å². The zero-order valence-electron chi connectivity index (χ0n) is 7.14. The highest BCUT2D eigenvalue weighted by atomic mass is 32.2. The molecule has 0 radical (unpaired) electrons. The summed E-state index contributed by atoms with van der Waals surface area (Å²) in [6.45, 7) is 1.09. The van der Waals surface area contributed by atoms with Crippen molar-refractivity contribution < 1.29 is 0 Å². The monoisotopic (exact) mass is 210 g/mol. The average Bonchev–Trinajstić information content (AvgIpc) is 2.74. The molecule has 0 saturated carbocycles. The molecule has 0 N–H and O–H groups in total. The van der Waals surface area contributed by atoms with Crippen LogP contribution in [0.25, 0.3) is 0 Å². The lowest BCUT2D eigenvalue weighted by atomic mass is 10.1. The van der Waals surface area contributed by atoms with Gasteiger partial charge in [-0.25, -0.2) is 0 Å². The Labute approximate surface area is 85.8 Å². The molecule has 0 saturated heterocycles. The van der Waals surface area contributed by atoms with E-state index in [1.165, 1.54) is 18.5 Å². The van der Waals surface area contributed by atoms with Gasteiger partial charge in [0.2, 0.25) is 0 Å². The molecule has 0 atom stereocenters. The van der Waals surface area contributed by atoms with E-state index in [2.05, 4.69) is 26.7 Å². The van der Waals surface area contributed by atoms with Gasteiger partial charge in [-0.1, -0.05) is 0 Å². The van der Waals surface area contributed by atoms with Gasteiger partial charge in [0.25, 0.3) is 0 Å². The summed E-state index contributed by atoms with van der Waals surface area (Å²) < 4.78 is 2.41. The van der Waals surface area contributed by atoms with E-state index in [9.17, 15) is 0 Å². The second-order valence-corrected chi connectivity index (χ2v) is 5.97. The maximum Gasteiger partial charge on any atom is 0.111 e. The number of nitrogens with zero attached hydrogens (tertiary/aromatic N) is 2. The lowest BCUT2D eigenvalue weighted by Gasteiger charge is -2.31. The minimum atomic E-state index is 0.259. The minimum Gasteiger partial charge on any atom is -0.267 e. The van der Waals surface area contributed by atoms with Gasteiger partial charge in [0.05, 0.1) is 5.69 Å². The molecule has 0 aliphatic carbocycles. The molecule has 0 fully saturated rings. The van der Waals surface area contributed by atoms with Gasteiger partial charge in [-0.3, -0.25) is 4.68 Å². The Bertz CT molecular complexity index is 348. The van der Waals surface area contributed by atoms with Gasteiger partial charge in [0.15, 0.2) is 0 Å². The third-order valence-corrected chi connectivity index (χ3v) is 5.44. The summed E-state index contributed by atoms with van der Waals surface area (Å²) in [6.07, 6.45) is 4.43. The van der Waals surface area contributed by atoms with E-state index < -0.39 is 0 Å². The quantitative estimate of drug-likeness (QED) is 0.656. The molecule has 13 heavy (non-hydrogen) atoms. The molecule has 3 rings (SSSR count). The fraction of sp³-hybridized carbons (Fsp3) is 0.444. The van der Waals surface area contributed by atoms with Gasteiger partial charge in [0.1, 0.15) is 4.08 Å². The minimum absolute atomic E-state index is 0.259. The van der Waals surface area contributed by atoms with Crippen molar-refractivity contribution in [2.75, 3.05) is 0 Å². The first kappa shape index (κ1) is 8.00. The Morgan fingerprint density at radius 1 is 1.38 bits per heavy atom. The molecule has 68 valence electrons. The van der Waals surface area contributed by atoms with E-state index in [4.69, 9.17) is 0 Å². The Balaban J connectivity index is 2.09. The maximum atomic E-state index is 4.34. The molecule has 4 heteroatoms. The summed E-state index contributed by atoms with van der Waals surface area (Å²) in [5, 5.41) is 8.74. The first-order chi connectivity index (χ1) is 6.41. The molecular weight excluding hydrogens is 200 g/mol. The maximum absolute atomic E-state index is 4.34. The first-order valence-corrected chi connectivity index (χ1v) is 6.20. The third-order valence-electron chi connectivity index (χ3n) is 2.55. The van der Waals surface area contributed by atoms with Crippen LogP contribution in [0, 0.1) is 0 Å². The summed E-state index contributed by atoms with van der Waals surface area (Å²) in [5.74, 6) is 0. The van der Waals surface area contributed by atoms with E-state index in [1.54, 1.807) is 0 Å². The number of hydrogen-bond acceptors (Lipinski definition) is 3. The molecule has 0 bridgehead atoms. The van der Waals surface area contributed by atoms with Gasteiger partial charge in [-0.15, -0.1) is 23.5 Å². The van der Waals surface area contributed by atoms with Gasteiger partial charge in [-0.05, 0) is 29.7 Å². The highest BCUT2D eigenvalue weighted by Crippen LogP contribution is 2.56. The summed E-state index contributed by atoms with van der Waals surface area (Å²) in [4.78, 5) is 0. The van der Waals surface area contributed by atoms with Crippen molar-refractivity contribution in [3.05, 3.63) is 28.8 Å². The van der Waals surface area contributed by atoms with Gasteiger partial charge < -0.3 is 0 Å². The highest BCUT2D eigenvalue weighted by molar-refractivity contribution is 8.22. The molecule has 1 aromatic rings. The smallest absolute Gasteiger partial charge is 0.111 e. The molecule has 0 aromatic carbocycles. The van der Waals surface area contributed by atoms with E-state index in [0.717, 1.165) is 6.54 Å². The molecule has 2 aliphatic rings. The van der Waals surface area contributed by atoms with Crippen LogP contribution in [0.15, 0.2) is 23.1 Å². The Morgan fingerprint density at radius 2 is 2.23 bits per heavy atom. The number of aromatic nitrogens is 2. The molecular formula is C9H10N2S2. The molecule has 3 heterocycles. The molecule has 2 nitrogen and oxygen atoms in total. The zero-order chi connectivity index (χ0) is 8.73. The highest BCUT2D eigenvalue weighted by Gasteiger charge is 2.39. The summed E-state index contributed by atoms with van der Waals surface area (Å²) >= 11 is 3.87. The van der Waals surface area contributed by atoms with Crippen molar-refractivity contribution in [3.8, 4) is 0 Å². The van der Waals surface area contributed by atoms with Crippen LogP contribution in [-0.4, -0.2) is 9.78 Å². The summed E-state index contributed by atoms with van der Waals surface area (Å²) in [5.41, 5.74) is 1.39. The van der Waals surface area contributed by atoms with Crippen molar-refractivity contribution in [2.24, 2.45) is 0 Å². The number of rotatable bonds is 0. The van der Waals surface area contributed by atoms with Crippen LogP contribution in [-0.2, 0) is 10.6 Å². The van der Waals surface area contributed by atoms with Gasteiger partial charge >= 0.3 is 0 Å². The Morgan fingerprint density at radius 3 is 3.08 bits per heavy atom. The predicted octanol–water partition coefficient (Wildman–Crippen LogP) is 2.78. The van der Waals surface area contributed by atoms with Crippen LogP contribution < -0.4 is 0 Å². The molecule has 2 aliphatic heterocycles. The molecule has 0 amide bonds. The molecule has 0 unspecified atom stereocenters. The lowest BCUT2D eigenvalue weighted by Crippen LogP contribution is -2.25. The second kappa shape index (κ2) is 2.82.